The fourth-order valence-electron chi connectivity index (χ4n) is 6.02. The number of nitrogens with zero attached hydrogens (tertiary/aromatic N) is 4. The summed E-state index contributed by atoms with van der Waals surface area (Å²) in [5.74, 6) is 0.559. The average Bonchev–Trinajstić information content (AvgIpc) is 2.95. The van der Waals surface area contributed by atoms with Gasteiger partial charge in [-0.2, -0.15) is 0 Å². The van der Waals surface area contributed by atoms with Crippen molar-refractivity contribution in [1.29, 1.82) is 0 Å². The van der Waals surface area contributed by atoms with Gasteiger partial charge in [0.25, 0.3) is 5.91 Å². The van der Waals surface area contributed by atoms with Crippen LogP contribution in [-0.4, -0.2) is 54.3 Å². The number of primary amides is 1. The highest BCUT2D eigenvalue weighted by molar-refractivity contribution is 6.74. The standard InChI is InChI=1S/C36H53N5O2Si/c1-25-16-19-38-23-29(25)24-41(31-12-14-33(15-13-31)43-44(8,9)36(5,6)7)32-17-20-40(21-18-32)27(3)10-11-30-22-26(2)34(35(37)42)28(4)39-30/h12-16,19,22-23,27,32H,10-11,17-18,20-21,24H2,1-9H3,(H2,37,42)/t27-/m1/s1. The van der Waals surface area contributed by atoms with Gasteiger partial charge in [-0.3, -0.25) is 14.8 Å². The second-order valence-electron chi connectivity index (χ2n) is 14.2. The first-order valence-electron chi connectivity index (χ1n) is 16.1. The molecule has 1 aliphatic heterocycles. The van der Waals surface area contributed by atoms with Crippen LogP contribution in [0, 0.1) is 20.8 Å². The molecule has 1 fully saturated rings. The van der Waals surface area contributed by atoms with E-state index in [4.69, 9.17) is 10.2 Å². The van der Waals surface area contributed by atoms with E-state index >= 15 is 0 Å². The van der Waals surface area contributed by atoms with Gasteiger partial charge in [-0.25, -0.2) is 0 Å². The Morgan fingerprint density at radius 2 is 1.75 bits per heavy atom. The molecule has 238 valence electrons. The van der Waals surface area contributed by atoms with E-state index in [-0.39, 0.29) is 5.04 Å². The molecule has 1 aliphatic rings. The minimum atomic E-state index is -1.90. The molecule has 0 bridgehead atoms. The largest absolute Gasteiger partial charge is 0.544 e. The average molecular weight is 616 g/mol. The number of benzene rings is 1. The van der Waals surface area contributed by atoms with E-state index in [1.807, 2.05) is 32.3 Å². The quantitative estimate of drug-likeness (QED) is 0.227. The molecule has 2 aromatic heterocycles. The molecule has 1 amide bonds. The van der Waals surface area contributed by atoms with E-state index in [1.54, 1.807) is 0 Å². The highest BCUT2D eigenvalue weighted by Crippen LogP contribution is 2.38. The predicted octanol–water partition coefficient (Wildman–Crippen LogP) is 7.38. The van der Waals surface area contributed by atoms with Gasteiger partial charge in [0.2, 0.25) is 8.32 Å². The van der Waals surface area contributed by atoms with Crippen LogP contribution in [0.5, 0.6) is 5.75 Å². The number of hydrogen-bond donors (Lipinski definition) is 1. The van der Waals surface area contributed by atoms with Crippen molar-refractivity contribution >= 4 is 19.9 Å². The number of aromatic nitrogens is 2. The first-order valence-corrected chi connectivity index (χ1v) is 19.0. The Kier molecular flexibility index (Phi) is 10.6. The van der Waals surface area contributed by atoms with Crippen LogP contribution in [0.4, 0.5) is 5.69 Å². The van der Waals surface area contributed by atoms with Gasteiger partial charge < -0.3 is 20.0 Å². The minimum Gasteiger partial charge on any atom is -0.544 e. The van der Waals surface area contributed by atoms with Crippen molar-refractivity contribution in [2.24, 2.45) is 5.73 Å². The van der Waals surface area contributed by atoms with Gasteiger partial charge in [-0.05, 0) is 125 Å². The van der Waals surface area contributed by atoms with Gasteiger partial charge in [0, 0.05) is 55.5 Å². The number of carbonyl (C=O) groups is 1. The Labute approximate surface area is 266 Å². The van der Waals surface area contributed by atoms with Crippen LogP contribution in [-0.2, 0) is 13.0 Å². The Morgan fingerprint density at radius 1 is 1.09 bits per heavy atom. The molecule has 0 spiro atoms. The molecule has 0 radical (unpaired) electrons. The zero-order valence-electron chi connectivity index (χ0n) is 28.4. The van der Waals surface area contributed by atoms with Crippen molar-refractivity contribution in [1.82, 2.24) is 14.9 Å². The SMILES string of the molecule is Cc1ccncc1CN(c1ccc(O[Si](C)(C)C(C)(C)C)cc1)C1CCN([C@H](C)CCc2cc(C)c(C(N)=O)c(C)n2)CC1. The van der Waals surface area contributed by atoms with E-state index in [1.165, 1.54) is 16.8 Å². The van der Waals surface area contributed by atoms with Crippen LogP contribution in [0.15, 0.2) is 48.8 Å². The Balaban J connectivity index is 1.43. The third kappa shape index (κ3) is 8.07. The summed E-state index contributed by atoms with van der Waals surface area (Å²) in [5, 5.41) is 0.157. The second-order valence-corrected chi connectivity index (χ2v) is 18.9. The number of pyridine rings is 2. The second kappa shape index (κ2) is 13.8. The summed E-state index contributed by atoms with van der Waals surface area (Å²) in [5.41, 5.74) is 12.6. The van der Waals surface area contributed by atoms with Crippen molar-refractivity contribution in [3.63, 3.8) is 0 Å². The lowest BCUT2D eigenvalue weighted by Crippen LogP contribution is -2.47. The van der Waals surface area contributed by atoms with Crippen LogP contribution in [0.1, 0.15) is 85.4 Å². The van der Waals surface area contributed by atoms with Crippen molar-refractivity contribution in [2.75, 3.05) is 18.0 Å². The fourth-order valence-corrected chi connectivity index (χ4v) is 7.05. The molecule has 1 aromatic carbocycles. The van der Waals surface area contributed by atoms with Crippen molar-refractivity contribution in [2.45, 2.75) is 111 Å². The smallest absolute Gasteiger partial charge is 0.250 e. The highest BCUT2D eigenvalue weighted by atomic mass is 28.4. The number of hydrogen-bond acceptors (Lipinski definition) is 6. The summed E-state index contributed by atoms with van der Waals surface area (Å²) in [6.07, 6.45) is 8.02. The summed E-state index contributed by atoms with van der Waals surface area (Å²) < 4.78 is 6.59. The highest BCUT2D eigenvalue weighted by Gasteiger charge is 2.39. The molecule has 2 N–H and O–H groups in total. The van der Waals surface area contributed by atoms with E-state index < -0.39 is 14.2 Å². The van der Waals surface area contributed by atoms with Crippen LogP contribution in [0.3, 0.4) is 0 Å². The number of nitrogens with two attached hydrogens (primary N) is 1. The normalized spacial score (nSPS) is 15.7. The molecule has 7 nitrogen and oxygen atoms in total. The van der Waals surface area contributed by atoms with Gasteiger partial charge in [-0.15, -0.1) is 0 Å². The number of likely N-dealkylation sites (tertiary alicyclic amines) is 1. The molecule has 0 saturated carbocycles. The van der Waals surface area contributed by atoms with Crippen molar-refractivity contribution < 1.29 is 9.22 Å². The van der Waals surface area contributed by atoms with E-state index in [9.17, 15) is 4.79 Å². The van der Waals surface area contributed by atoms with Crippen LogP contribution < -0.4 is 15.1 Å². The third-order valence-electron chi connectivity index (χ3n) is 9.91. The monoisotopic (exact) mass is 615 g/mol. The lowest BCUT2D eigenvalue weighted by atomic mass is 9.98. The third-order valence-corrected chi connectivity index (χ3v) is 14.3. The zero-order valence-corrected chi connectivity index (χ0v) is 29.4. The maximum Gasteiger partial charge on any atom is 0.250 e. The van der Waals surface area contributed by atoms with Gasteiger partial charge in [0.1, 0.15) is 5.75 Å². The van der Waals surface area contributed by atoms with Gasteiger partial charge >= 0.3 is 0 Å². The maximum absolute atomic E-state index is 11.8. The lowest BCUT2D eigenvalue weighted by molar-refractivity contribution is 0.0998. The van der Waals surface area contributed by atoms with Crippen molar-refractivity contribution in [3.8, 4) is 5.75 Å². The molecule has 1 saturated heterocycles. The summed E-state index contributed by atoms with van der Waals surface area (Å²) in [6, 6.07) is 13.8. The maximum atomic E-state index is 11.8. The van der Waals surface area contributed by atoms with Crippen LogP contribution in [0.25, 0.3) is 0 Å². The summed E-state index contributed by atoms with van der Waals surface area (Å²) in [4.78, 5) is 26.1. The number of amides is 1. The fraction of sp³-hybridized carbons (Fsp3) is 0.528. The molecule has 0 unspecified atom stereocenters. The Bertz CT molecular complexity index is 1400. The first-order chi connectivity index (χ1) is 20.7. The van der Waals surface area contributed by atoms with E-state index in [0.717, 1.165) is 68.0 Å². The first kappa shape index (κ1) is 33.7. The number of piperidine rings is 1. The Hall–Kier alpha value is -3.23. The molecule has 4 rings (SSSR count). The van der Waals surface area contributed by atoms with Gasteiger partial charge in [0.15, 0.2) is 0 Å². The number of anilines is 1. The van der Waals surface area contributed by atoms with Gasteiger partial charge in [0.05, 0.1) is 11.3 Å². The molecular formula is C36H53N5O2Si. The lowest BCUT2D eigenvalue weighted by Gasteiger charge is -2.42. The van der Waals surface area contributed by atoms with E-state index in [2.05, 4.69) is 97.8 Å². The topological polar surface area (TPSA) is 84.6 Å². The molecular weight excluding hydrogens is 563 g/mol. The number of carbonyl (C=O) groups excluding carboxylic acids is 1. The van der Waals surface area contributed by atoms with Crippen LogP contribution >= 0.6 is 0 Å². The summed E-state index contributed by atoms with van der Waals surface area (Å²) in [6.45, 7) is 22.7. The predicted molar refractivity (Wildman–Crippen MR) is 184 cm³/mol. The number of aryl methyl sites for hydroxylation is 4. The molecule has 0 aliphatic carbocycles. The molecule has 8 heteroatoms. The summed E-state index contributed by atoms with van der Waals surface area (Å²) in [7, 11) is -1.90. The van der Waals surface area contributed by atoms with Crippen molar-refractivity contribution in [3.05, 3.63) is 82.4 Å². The molecule has 3 heterocycles. The molecule has 44 heavy (non-hydrogen) atoms. The molecule has 3 aromatic rings. The minimum absolute atomic E-state index is 0.157. The molecule has 1 atom stereocenters. The number of rotatable bonds is 11. The zero-order chi connectivity index (χ0) is 32.2. The van der Waals surface area contributed by atoms with E-state index in [0.29, 0.717) is 17.6 Å². The Morgan fingerprint density at radius 3 is 2.32 bits per heavy atom. The summed E-state index contributed by atoms with van der Waals surface area (Å²) >= 11 is 0. The van der Waals surface area contributed by atoms with Gasteiger partial charge in [-0.1, -0.05) is 20.8 Å². The van der Waals surface area contributed by atoms with Crippen LogP contribution in [0.2, 0.25) is 18.1 Å².